The molecule has 8 bridgehead atoms. The maximum atomic E-state index is 5.36. The molecule has 0 spiro atoms. The number of halogens is 1. The summed E-state index contributed by atoms with van der Waals surface area (Å²) < 4.78 is 1.22. The molecule has 248 valence electrons. The van der Waals surface area contributed by atoms with Crippen molar-refractivity contribution in [2.75, 3.05) is 0 Å². The molecular weight excluding hydrogens is 713 g/mol. The normalized spacial score (nSPS) is 12.2. The van der Waals surface area contributed by atoms with Gasteiger partial charge in [-0.3, -0.25) is 4.98 Å². The zero-order valence-corrected chi connectivity index (χ0v) is 30.7. The summed E-state index contributed by atoms with van der Waals surface area (Å²) in [5.41, 5.74) is 15.3. The van der Waals surface area contributed by atoms with E-state index in [-0.39, 0.29) is 0 Å². The number of aromatic nitrogens is 5. The van der Waals surface area contributed by atoms with E-state index in [0.717, 1.165) is 87.2 Å². The molecule has 5 nitrogen and oxygen atoms in total. The summed E-state index contributed by atoms with van der Waals surface area (Å²) in [7, 11) is 0. The fraction of sp³-hybridized carbons (Fsp3) is 0.279. The Labute approximate surface area is 303 Å². The fourth-order valence-electron chi connectivity index (χ4n) is 7.05. The van der Waals surface area contributed by atoms with Gasteiger partial charge in [0.25, 0.3) is 0 Å². The van der Waals surface area contributed by atoms with Crippen molar-refractivity contribution in [2.24, 2.45) is 0 Å². The minimum absolute atomic E-state index is 0.938. The van der Waals surface area contributed by atoms with Crippen molar-refractivity contribution < 1.29 is 0 Å². The molecule has 0 unspecified atom stereocenters. The molecule has 6 heterocycles. The third-order valence-corrected chi connectivity index (χ3v) is 10.4. The van der Waals surface area contributed by atoms with Gasteiger partial charge in [-0.1, -0.05) is 64.5 Å². The smallest absolute Gasteiger partial charge is 0.0737 e. The molecule has 7 rings (SSSR count). The molecule has 0 saturated carbocycles. The number of H-pyrrole nitrogens is 2. The highest BCUT2D eigenvalue weighted by Crippen LogP contribution is 2.35. The lowest BCUT2D eigenvalue weighted by Crippen LogP contribution is -1.94. The number of benzene rings is 1. The van der Waals surface area contributed by atoms with Crippen LogP contribution in [0.1, 0.15) is 99.1 Å². The Balaban J connectivity index is 1.56. The summed E-state index contributed by atoms with van der Waals surface area (Å²) in [4.78, 5) is 22.8. The molecule has 6 heteroatoms. The number of fused-ring (bicyclic) bond motifs is 8. The summed E-state index contributed by atoms with van der Waals surface area (Å²) in [6, 6.07) is 21.9. The van der Waals surface area contributed by atoms with Gasteiger partial charge in [0.15, 0.2) is 0 Å². The first-order chi connectivity index (χ1) is 24.1. The zero-order chi connectivity index (χ0) is 33.6. The average molecular weight is 758 g/mol. The second kappa shape index (κ2) is 15.5. The third kappa shape index (κ3) is 7.35. The van der Waals surface area contributed by atoms with E-state index < -0.39 is 0 Å². The monoisotopic (exact) mass is 757 g/mol. The first-order valence-electron chi connectivity index (χ1n) is 17.9. The van der Waals surface area contributed by atoms with Crippen LogP contribution in [0.15, 0.2) is 73.1 Å². The first kappa shape index (κ1) is 33.2. The largest absolute Gasteiger partial charge is 0.355 e. The van der Waals surface area contributed by atoms with Crippen molar-refractivity contribution in [1.29, 1.82) is 0 Å². The molecule has 0 radical (unpaired) electrons. The van der Waals surface area contributed by atoms with Gasteiger partial charge in [-0.2, -0.15) is 0 Å². The van der Waals surface area contributed by atoms with E-state index in [1.165, 1.54) is 58.8 Å². The quantitative estimate of drug-likeness (QED) is 0.0963. The molecule has 5 aromatic rings. The summed E-state index contributed by atoms with van der Waals surface area (Å²) in [6.45, 7) is 4.53. The maximum Gasteiger partial charge on any atom is 0.0737 e. The number of aryl methyl sites for hydroxylation is 2. The Kier molecular flexibility index (Phi) is 10.5. The van der Waals surface area contributed by atoms with E-state index in [1.807, 2.05) is 12.4 Å². The molecular formula is C43H44IN5. The number of unbranched alkanes of at least 4 members (excludes halogenated alkanes) is 6. The van der Waals surface area contributed by atoms with Crippen molar-refractivity contribution in [3.05, 3.63) is 111 Å². The van der Waals surface area contributed by atoms with Crippen LogP contribution >= 0.6 is 22.6 Å². The molecule has 2 N–H and O–H groups in total. The predicted molar refractivity (Wildman–Crippen MR) is 216 cm³/mol. The second-order valence-corrected chi connectivity index (χ2v) is 14.3. The molecule has 49 heavy (non-hydrogen) atoms. The lowest BCUT2D eigenvalue weighted by atomic mass is 10.0. The molecule has 2 aliphatic heterocycles. The predicted octanol–water partition coefficient (Wildman–Crippen LogP) is 12.2. The Morgan fingerprint density at radius 2 is 0.959 bits per heavy atom. The summed E-state index contributed by atoms with van der Waals surface area (Å²) >= 11 is 2.39. The highest BCUT2D eigenvalue weighted by Gasteiger charge is 2.18. The maximum absolute atomic E-state index is 5.36. The van der Waals surface area contributed by atoms with Gasteiger partial charge in [-0.15, -0.1) is 0 Å². The van der Waals surface area contributed by atoms with E-state index in [2.05, 4.69) is 136 Å². The van der Waals surface area contributed by atoms with E-state index in [9.17, 15) is 0 Å². The molecule has 0 atom stereocenters. The van der Waals surface area contributed by atoms with Gasteiger partial charge in [-0.25, -0.2) is 9.97 Å². The number of rotatable bonds is 12. The van der Waals surface area contributed by atoms with E-state index in [1.54, 1.807) is 0 Å². The van der Waals surface area contributed by atoms with Crippen LogP contribution in [0.25, 0.3) is 68.6 Å². The van der Waals surface area contributed by atoms with E-state index >= 15 is 0 Å². The zero-order valence-electron chi connectivity index (χ0n) is 28.5. The van der Waals surface area contributed by atoms with E-state index in [0.29, 0.717) is 0 Å². The van der Waals surface area contributed by atoms with Gasteiger partial charge < -0.3 is 9.97 Å². The third-order valence-electron chi connectivity index (χ3n) is 9.63. The van der Waals surface area contributed by atoms with Crippen LogP contribution in [-0.2, 0) is 12.8 Å². The number of pyridine rings is 1. The van der Waals surface area contributed by atoms with Crippen molar-refractivity contribution in [3.63, 3.8) is 0 Å². The molecule has 0 aliphatic carbocycles. The lowest BCUT2D eigenvalue weighted by molar-refractivity contribution is 0.667. The molecule has 0 saturated heterocycles. The SMILES string of the molecule is CCCCCCc1c2nc(c(-c3ccncc3)c3nc(c(CCCCCC)c4ccc([nH]4)c(-c4ccc(I)cc4)c4ccc1[nH]4)C=C3)C=C2. The second-order valence-electron chi connectivity index (χ2n) is 13.1. The van der Waals surface area contributed by atoms with Crippen LogP contribution < -0.4 is 0 Å². The van der Waals surface area contributed by atoms with E-state index in [4.69, 9.17) is 9.97 Å². The molecule has 0 fully saturated rings. The minimum Gasteiger partial charge on any atom is -0.355 e. The fourth-order valence-corrected chi connectivity index (χ4v) is 7.41. The van der Waals surface area contributed by atoms with Crippen LogP contribution in [0.3, 0.4) is 0 Å². The van der Waals surface area contributed by atoms with Gasteiger partial charge in [-0.05, 0) is 132 Å². The van der Waals surface area contributed by atoms with Crippen LogP contribution in [0, 0.1) is 3.57 Å². The number of aromatic amines is 2. The molecule has 0 amide bonds. The Morgan fingerprint density at radius 1 is 0.490 bits per heavy atom. The molecule has 2 aliphatic rings. The first-order valence-corrected chi connectivity index (χ1v) is 19.0. The van der Waals surface area contributed by atoms with Crippen molar-refractivity contribution in [1.82, 2.24) is 24.9 Å². The van der Waals surface area contributed by atoms with Gasteiger partial charge in [0.2, 0.25) is 0 Å². The van der Waals surface area contributed by atoms with Crippen molar-refractivity contribution in [2.45, 2.75) is 78.1 Å². The minimum atomic E-state index is 0.938. The standard InChI is InChI=1S/C43H44IN5/c1-3-5-7-9-11-32-34-17-21-38(46-34)42(29-13-15-31(44)16-14-29)39-22-18-35(47-39)33(12-10-8-6-4-2)37-20-24-41(49-37)43(30-25-27-45-28-26-30)40-23-19-36(32)48-40/h13-28,46-47H,3-12H2,1-2H3. The van der Waals surface area contributed by atoms with Crippen LogP contribution in [0.4, 0.5) is 0 Å². The van der Waals surface area contributed by atoms with Gasteiger partial charge in [0.1, 0.15) is 0 Å². The van der Waals surface area contributed by atoms with Gasteiger partial charge in [0, 0.05) is 60.3 Å². The van der Waals surface area contributed by atoms with Crippen molar-refractivity contribution >= 4 is 69.0 Å². The highest BCUT2D eigenvalue weighted by molar-refractivity contribution is 14.1. The van der Waals surface area contributed by atoms with Crippen LogP contribution in [-0.4, -0.2) is 24.9 Å². The Hall–Kier alpha value is -4.30. The molecule has 1 aromatic carbocycles. The van der Waals surface area contributed by atoms with Gasteiger partial charge >= 0.3 is 0 Å². The number of hydrogen-bond donors (Lipinski definition) is 2. The summed E-state index contributed by atoms with van der Waals surface area (Å²) in [6.07, 6.45) is 23.9. The van der Waals surface area contributed by atoms with Gasteiger partial charge in [0.05, 0.1) is 22.8 Å². The van der Waals surface area contributed by atoms with Crippen molar-refractivity contribution in [3.8, 4) is 22.3 Å². The Bertz CT molecular complexity index is 2040. The molecule has 4 aromatic heterocycles. The Morgan fingerprint density at radius 3 is 1.47 bits per heavy atom. The number of nitrogens with zero attached hydrogens (tertiary/aromatic N) is 3. The van der Waals surface area contributed by atoms with Crippen LogP contribution in [0.2, 0.25) is 0 Å². The topological polar surface area (TPSA) is 70.2 Å². The summed E-state index contributed by atoms with van der Waals surface area (Å²) in [5, 5.41) is 0. The number of nitrogens with one attached hydrogen (secondary N) is 2. The lowest BCUT2D eigenvalue weighted by Gasteiger charge is -2.07. The average Bonchev–Trinajstić information content (AvgIpc) is 3.96. The number of hydrogen-bond acceptors (Lipinski definition) is 3. The van der Waals surface area contributed by atoms with Crippen LogP contribution in [0.5, 0.6) is 0 Å². The highest BCUT2D eigenvalue weighted by atomic mass is 127. The summed E-state index contributed by atoms with van der Waals surface area (Å²) in [5.74, 6) is 0.